The fraction of sp³-hybridized carbons (Fsp3) is 0.227. The Kier molecular flexibility index (Phi) is 6.80. The van der Waals surface area contributed by atoms with E-state index in [-0.39, 0.29) is 20.9 Å². The van der Waals surface area contributed by atoms with E-state index in [9.17, 15) is 22.8 Å². The first kappa shape index (κ1) is 24.3. The number of carbonyl (C=O) groups excluding carboxylic acids is 3. The van der Waals surface area contributed by atoms with Gasteiger partial charge in [0.2, 0.25) is 21.7 Å². The number of hydrogen-bond acceptors (Lipinski definition) is 5. The molecule has 0 aliphatic rings. The molecule has 174 valence electrons. The zero-order valence-electron chi connectivity index (χ0n) is 18.2. The lowest BCUT2D eigenvalue weighted by Crippen LogP contribution is -2.47. The number of aromatic amines is 1. The van der Waals surface area contributed by atoms with Gasteiger partial charge in [-0.15, -0.1) is 0 Å². The van der Waals surface area contributed by atoms with E-state index in [1.165, 1.54) is 25.1 Å². The second-order valence-electron chi connectivity index (χ2n) is 7.73. The van der Waals surface area contributed by atoms with E-state index in [1.54, 1.807) is 26.0 Å². The second kappa shape index (κ2) is 9.24. The van der Waals surface area contributed by atoms with Crippen LogP contribution in [0.5, 0.6) is 0 Å². The third kappa shape index (κ3) is 5.18. The second-order valence-corrected chi connectivity index (χ2v) is 10.0. The van der Waals surface area contributed by atoms with E-state index >= 15 is 0 Å². The number of nitrogens with one attached hydrogen (secondary N) is 3. The number of H-pyrrole nitrogens is 1. The van der Waals surface area contributed by atoms with Gasteiger partial charge in [0.15, 0.2) is 0 Å². The molecule has 0 radical (unpaired) electrons. The number of aromatic nitrogens is 1. The largest absolute Gasteiger partial charge is 0.368 e. The number of fused-ring (bicyclic) bond motifs is 1. The highest BCUT2D eigenvalue weighted by atomic mass is 35.5. The summed E-state index contributed by atoms with van der Waals surface area (Å²) in [6.45, 7) is 4.55. The Morgan fingerprint density at radius 2 is 1.73 bits per heavy atom. The molecule has 1 aromatic heterocycles. The van der Waals surface area contributed by atoms with Crippen LogP contribution in [0, 0.1) is 13.8 Å². The summed E-state index contributed by atoms with van der Waals surface area (Å²) < 4.78 is 27.3. The lowest BCUT2D eigenvalue weighted by Gasteiger charge is -2.14. The van der Waals surface area contributed by atoms with Crippen molar-refractivity contribution in [3.05, 3.63) is 58.2 Å². The van der Waals surface area contributed by atoms with Gasteiger partial charge < -0.3 is 21.4 Å². The van der Waals surface area contributed by atoms with Crippen LogP contribution in [0.3, 0.4) is 0 Å². The van der Waals surface area contributed by atoms with Crippen molar-refractivity contribution in [3.8, 4) is 0 Å². The van der Waals surface area contributed by atoms with Crippen molar-refractivity contribution in [1.82, 2.24) is 15.6 Å². The lowest BCUT2D eigenvalue weighted by molar-refractivity contribution is -0.125. The molecule has 0 fully saturated rings. The maximum absolute atomic E-state index is 13.7. The number of carbonyl (C=O) groups is 3. The normalized spacial score (nSPS) is 12.4. The van der Waals surface area contributed by atoms with Gasteiger partial charge >= 0.3 is 0 Å². The first-order valence-corrected chi connectivity index (χ1v) is 11.8. The zero-order valence-corrected chi connectivity index (χ0v) is 19.7. The monoisotopic (exact) mass is 490 g/mol. The molecule has 3 amide bonds. The number of hydrogen-bond donors (Lipinski definition) is 4. The number of benzene rings is 2. The number of halogens is 1. The Hall–Kier alpha value is -3.37. The van der Waals surface area contributed by atoms with Crippen LogP contribution in [-0.4, -0.2) is 43.7 Å². The van der Waals surface area contributed by atoms with Crippen molar-refractivity contribution in [2.24, 2.45) is 5.73 Å². The van der Waals surface area contributed by atoms with Crippen LogP contribution in [0.25, 0.3) is 10.9 Å². The minimum atomic E-state index is -4.15. The Bertz CT molecular complexity index is 1360. The SMILES string of the molecule is Cc1cc(C)cc(S(=O)(=O)c2c(C(=O)NC(C)C(=O)NCC(N)=O)[nH]c3ccc(Cl)cc23)c1. The summed E-state index contributed by atoms with van der Waals surface area (Å²) >= 11 is 6.11. The molecule has 0 aliphatic heterocycles. The summed E-state index contributed by atoms with van der Waals surface area (Å²) in [7, 11) is -4.15. The summed E-state index contributed by atoms with van der Waals surface area (Å²) in [5, 5.41) is 5.28. The standard InChI is InChI=1S/C22H23ClN4O5S/c1-11-6-12(2)8-15(7-11)33(31,32)20-16-9-14(23)4-5-17(16)27-19(20)22(30)26-13(3)21(29)25-10-18(24)28/h4-9,13,27H,10H2,1-3H3,(H2,24,28)(H,25,29)(H,26,30). The number of sulfone groups is 1. The van der Waals surface area contributed by atoms with Crippen LogP contribution in [0.1, 0.15) is 28.5 Å². The van der Waals surface area contributed by atoms with Crippen molar-refractivity contribution in [2.75, 3.05) is 6.54 Å². The Balaban J connectivity index is 2.10. The van der Waals surface area contributed by atoms with Gasteiger partial charge in [0.1, 0.15) is 16.6 Å². The number of nitrogens with two attached hydrogens (primary N) is 1. The molecular formula is C22H23ClN4O5S. The molecule has 0 spiro atoms. The van der Waals surface area contributed by atoms with Crippen LogP contribution in [0.15, 0.2) is 46.2 Å². The molecule has 11 heteroatoms. The van der Waals surface area contributed by atoms with Crippen LogP contribution in [0.4, 0.5) is 0 Å². The molecule has 3 aromatic rings. The molecule has 1 atom stereocenters. The summed E-state index contributed by atoms with van der Waals surface area (Å²) in [6.07, 6.45) is 0. The molecule has 1 heterocycles. The molecule has 5 N–H and O–H groups in total. The average Bonchev–Trinajstić information content (AvgIpc) is 3.10. The third-order valence-corrected chi connectivity index (χ3v) is 6.94. The van der Waals surface area contributed by atoms with Crippen molar-refractivity contribution in [2.45, 2.75) is 36.6 Å². The molecule has 2 aromatic carbocycles. The van der Waals surface area contributed by atoms with E-state index < -0.39 is 40.1 Å². The number of amides is 3. The van der Waals surface area contributed by atoms with Crippen LogP contribution in [-0.2, 0) is 19.4 Å². The molecule has 0 saturated heterocycles. The van der Waals surface area contributed by atoms with E-state index in [1.807, 2.05) is 6.07 Å². The molecule has 3 rings (SSSR count). The molecular weight excluding hydrogens is 468 g/mol. The maximum atomic E-state index is 13.7. The highest BCUT2D eigenvalue weighted by Gasteiger charge is 2.31. The predicted octanol–water partition coefficient (Wildman–Crippen LogP) is 1.99. The average molecular weight is 491 g/mol. The molecule has 33 heavy (non-hydrogen) atoms. The summed E-state index contributed by atoms with van der Waals surface area (Å²) in [5.74, 6) is -2.21. The van der Waals surface area contributed by atoms with Gasteiger partial charge in [0.25, 0.3) is 5.91 Å². The Morgan fingerprint density at radius 1 is 1.09 bits per heavy atom. The van der Waals surface area contributed by atoms with Gasteiger partial charge in [-0.2, -0.15) is 0 Å². The van der Waals surface area contributed by atoms with Gasteiger partial charge in [0.05, 0.1) is 11.4 Å². The van der Waals surface area contributed by atoms with Crippen LogP contribution >= 0.6 is 11.6 Å². The molecule has 0 bridgehead atoms. The fourth-order valence-corrected chi connectivity index (χ4v) is 5.41. The highest BCUT2D eigenvalue weighted by Crippen LogP contribution is 2.34. The Morgan fingerprint density at radius 3 is 2.33 bits per heavy atom. The topological polar surface area (TPSA) is 151 Å². The van der Waals surface area contributed by atoms with Gasteiger partial charge in [-0.25, -0.2) is 8.42 Å². The molecule has 0 aliphatic carbocycles. The van der Waals surface area contributed by atoms with Gasteiger partial charge in [-0.3, -0.25) is 14.4 Å². The van der Waals surface area contributed by atoms with Crippen molar-refractivity contribution >= 4 is 50.1 Å². The first-order chi connectivity index (χ1) is 15.4. The van der Waals surface area contributed by atoms with Crippen LogP contribution in [0.2, 0.25) is 5.02 Å². The van der Waals surface area contributed by atoms with Gasteiger partial charge in [0, 0.05) is 15.9 Å². The van der Waals surface area contributed by atoms with E-state index in [0.717, 1.165) is 11.1 Å². The maximum Gasteiger partial charge on any atom is 0.269 e. The van der Waals surface area contributed by atoms with Gasteiger partial charge in [-0.1, -0.05) is 17.7 Å². The summed E-state index contributed by atoms with van der Waals surface area (Å²) in [5.41, 5.74) is 6.66. The van der Waals surface area contributed by atoms with Crippen LogP contribution < -0.4 is 16.4 Å². The van der Waals surface area contributed by atoms with Crippen molar-refractivity contribution in [1.29, 1.82) is 0 Å². The Labute approximate surface area is 195 Å². The lowest BCUT2D eigenvalue weighted by atomic mass is 10.2. The summed E-state index contributed by atoms with van der Waals surface area (Å²) in [4.78, 5) is 38.7. The molecule has 0 saturated carbocycles. The minimum Gasteiger partial charge on any atom is -0.368 e. The zero-order chi connectivity index (χ0) is 24.5. The number of rotatable bonds is 7. The third-order valence-electron chi connectivity index (χ3n) is 4.89. The molecule has 9 nitrogen and oxygen atoms in total. The smallest absolute Gasteiger partial charge is 0.269 e. The van der Waals surface area contributed by atoms with Crippen molar-refractivity contribution in [3.63, 3.8) is 0 Å². The number of primary amides is 1. The van der Waals surface area contributed by atoms with E-state index in [2.05, 4.69) is 15.6 Å². The van der Waals surface area contributed by atoms with E-state index in [4.69, 9.17) is 17.3 Å². The summed E-state index contributed by atoms with van der Waals surface area (Å²) in [6, 6.07) is 8.41. The quantitative estimate of drug-likeness (QED) is 0.399. The van der Waals surface area contributed by atoms with Gasteiger partial charge in [-0.05, 0) is 62.2 Å². The number of aryl methyl sites for hydroxylation is 2. The van der Waals surface area contributed by atoms with E-state index in [0.29, 0.717) is 10.5 Å². The minimum absolute atomic E-state index is 0.0298. The van der Waals surface area contributed by atoms with Crippen molar-refractivity contribution < 1.29 is 22.8 Å². The predicted molar refractivity (Wildman–Crippen MR) is 124 cm³/mol. The molecule has 1 unspecified atom stereocenters. The highest BCUT2D eigenvalue weighted by molar-refractivity contribution is 7.91. The first-order valence-electron chi connectivity index (χ1n) is 9.91. The fourth-order valence-electron chi connectivity index (χ4n) is 3.45.